The monoisotopic (exact) mass is 415 g/mol. The summed E-state index contributed by atoms with van der Waals surface area (Å²) in [6, 6.07) is 6.90. The van der Waals surface area contributed by atoms with Crippen LogP contribution in [-0.4, -0.2) is 38.2 Å². The number of benzene rings is 1. The molecule has 8 heteroatoms. The molecule has 1 aliphatic carbocycles. The van der Waals surface area contributed by atoms with Gasteiger partial charge in [0.25, 0.3) is 5.88 Å². The minimum atomic E-state index is 0.122. The van der Waals surface area contributed by atoms with Gasteiger partial charge in [0.15, 0.2) is 11.6 Å². The van der Waals surface area contributed by atoms with E-state index in [-0.39, 0.29) is 23.7 Å². The summed E-state index contributed by atoms with van der Waals surface area (Å²) >= 11 is 0. The fourth-order valence-electron chi connectivity index (χ4n) is 4.34. The highest BCUT2D eigenvalue weighted by Gasteiger charge is 2.31. The van der Waals surface area contributed by atoms with Crippen LogP contribution in [0.5, 0.6) is 11.6 Å². The first-order valence-electron chi connectivity index (χ1n) is 10.6. The first-order valence-corrected chi connectivity index (χ1v) is 10.6. The molecule has 0 radical (unpaired) electrons. The van der Waals surface area contributed by atoms with Gasteiger partial charge in [0, 0.05) is 18.7 Å². The van der Waals surface area contributed by atoms with E-state index in [1.165, 1.54) is 16.7 Å². The predicted octanol–water partition coefficient (Wildman–Crippen LogP) is 3.49. The van der Waals surface area contributed by atoms with Crippen LogP contribution in [0.25, 0.3) is 11.3 Å². The van der Waals surface area contributed by atoms with E-state index in [1.807, 2.05) is 10.9 Å². The van der Waals surface area contributed by atoms with Crippen LogP contribution in [0.2, 0.25) is 0 Å². The van der Waals surface area contributed by atoms with Crippen LogP contribution in [0, 0.1) is 24.2 Å². The van der Waals surface area contributed by atoms with E-state index in [0.29, 0.717) is 5.75 Å². The van der Waals surface area contributed by atoms with Crippen LogP contribution < -0.4 is 10.5 Å². The molecule has 2 N–H and O–H groups in total. The Labute approximate surface area is 181 Å². The fourth-order valence-corrected chi connectivity index (χ4v) is 4.34. The molecule has 2 aromatic heterocycles. The normalized spacial score (nSPS) is 20.5. The number of ether oxygens (including phenoxy) is 1. The molecule has 31 heavy (non-hydrogen) atoms. The number of aromatic nitrogens is 4. The highest BCUT2D eigenvalue weighted by atomic mass is 16.5. The molecule has 1 saturated carbocycles. The molecular weight excluding hydrogens is 390 g/mol. The molecule has 8 nitrogen and oxygen atoms in total. The lowest BCUT2D eigenvalue weighted by atomic mass is 9.81. The van der Waals surface area contributed by atoms with Crippen molar-refractivity contribution in [1.82, 2.24) is 24.6 Å². The van der Waals surface area contributed by atoms with Crippen LogP contribution in [0.1, 0.15) is 35.6 Å². The topological polar surface area (TPSA) is 106 Å². The molecule has 1 aromatic carbocycles. The van der Waals surface area contributed by atoms with Gasteiger partial charge in [0.05, 0.1) is 42.3 Å². The van der Waals surface area contributed by atoms with E-state index in [0.717, 1.165) is 43.6 Å². The summed E-state index contributed by atoms with van der Waals surface area (Å²) in [6.07, 6.45) is 7.83. The number of nitrogen functional groups attached to an aromatic ring is 1. The number of hydrogen-bond donors (Lipinski definition) is 1. The van der Waals surface area contributed by atoms with Crippen molar-refractivity contribution in [2.24, 2.45) is 5.92 Å². The molecule has 3 heterocycles. The lowest BCUT2D eigenvalue weighted by molar-refractivity contribution is 0.229. The first-order chi connectivity index (χ1) is 15.0. The fraction of sp³-hybridized carbons (Fsp3) is 0.391. The molecule has 0 unspecified atom stereocenters. The van der Waals surface area contributed by atoms with Crippen LogP contribution in [0.15, 0.2) is 30.7 Å². The quantitative estimate of drug-likeness (QED) is 0.695. The van der Waals surface area contributed by atoms with Gasteiger partial charge in [-0.05, 0) is 62.1 Å². The zero-order valence-electron chi connectivity index (χ0n) is 17.7. The second-order valence-corrected chi connectivity index (χ2v) is 8.57. The van der Waals surface area contributed by atoms with Crippen molar-refractivity contribution < 1.29 is 4.74 Å². The van der Waals surface area contributed by atoms with E-state index >= 15 is 0 Å². The Kier molecular flexibility index (Phi) is 4.83. The van der Waals surface area contributed by atoms with Crippen LogP contribution >= 0.6 is 0 Å². The van der Waals surface area contributed by atoms with Crippen molar-refractivity contribution in [1.29, 1.82) is 5.26 Å². The maximum Gasteiger partial charge on any atom is 0.263 e. The number of anilines is 1. The molecular formula is C23H25N7O. The number of aryl methyl sites for hydroxylation is 1. The molecule has 0 amide bonds. The number of nitrogens with two attached hydrogens (primary N) is 1. The zero-order chi connectivity index (χ0) is 21.5. The van der Waals surface area contributed by atoms with Gasteiger partial charge in [-0.1, -0.05) is 0 Å². The summed E-state index contributed by atoms with van der Waals surface area (Å²) in [7, 11) is 2.15. The van der Waals surface area contributed by atoms with Gasteiger partial charge in [-0.25, -0.2) is 9.97 Å². The Morgan fingerprint density at radius 2 is 2.10 bits per heavy atom. The molecule has 3 aromatic rings. The maximum absolute atomic E-state index is 8.96. The molecule has 1 fully saturated rings. The summed E-state index contributed by atoms with van der Waals surface area (Å²) in [5.41, 5.74) is 11.8. The number of rotatable bonds is 4. The Morgan fingerprint density at radius 3 is 2.90 bits per heavy atom. The Bertz CT molecular complexity index is 1170. The van der Waals surface area contributed by atoms with Crippen molar-refractivity contribution in [2.75, 3.05) is 19.3 Å². The number of likely N-dealkylation sites (N-methyl/N-ethyl adjacent to an activating group) is 1. The van der Waals surface area contributed by atoms with Gasteiger partial charge in [0.2, 0.25) is 0 Å². The summed E-state index contributed by atoms with van der Waals surface area (Å²) < 4.78 is 7.77. The van der Waals surface area contributed by atoms with Crippen molar-refractivity contribution in [2.45, 2.75) is 38.8 Å². The Balaban J connectivity index is 1.39. The number of fused-ring (bicyclic) bond motifs is 1. The number of hydrogen-bond acceptors (Lipinski definition) is 7. The third-order valence-corrected chi connectivity index (χ3v) is 6.28. The van der Waals surface area contributed by atoms with Gasteiger partial charge in [-0.3, -0.25) is 4.68 Å². The van der Waals surface area contributed by atoms with Gasteiger partial charge in [-0.15, -0.1) is 0 Å². The first kappa shape index (κ1) is 19.5. The highest BCUT2D eigenvalue weighted by molar-refractivity contribution is 5.64. The smallest absolute Gasteiger partial charge is 0.263 e. The van der Waals surface area contributed by atoms with Crippen LogP contribution in [0.4, 0.5) is 5.82 Å². The standard InChI is InChI=1S/C23H25N7O/c1-14-5-17(8-16-3-4-29(2)13-20(14)16)21-11-26-22(25)23(28-21)31-19-10-27-30(12-19)18-6-15(7-18)9-24/h5,8,10-12,15,18H,3-4,6-7,13H2,1-2H3,(H2,25,26)/t15-,18-. The lowest BCUT2D eigenvalue weighted by Crippen LogP contribution is -2.27. The van der Waals surface area contributed by atoms with Crippen molar-refractivity contribution in [3.05, 3.63) is 47.4 Å². The van der Waals surface area contributed by atoms with Crippen molar-refractivity contribution in [3.8, 4) is 29.0 Å². The van der Waals surface area contributed by atoms with E-state index < -0.39 is 0 Å². The van der Waals surface area contributed by atoms with Gasteiger partial charge in [-0.2, -0.15) is 10.4 Å². The summed E-state index contributed by atoms with van der Waals surface area (Å²) in [5.74, 6) is 1.19. The SMILES string of the molecule is Cc1cc(-c2cnc(N)c(Oc3cnn([C@H]4C[C@H](C#N)C4)c3)n2)cc2c1CN(C)CC2. The van der Waals surface area contributed by atoms with E-state index in [4.69, 9.17) is 15.7 Å². The van der Waals surface area contributed by atoms with Gasteiger partial charge in [0.1, 0.15) is 0 Å². The molecule has 0 bridgehead atoms. The summed E-state index contributed by atoms with van der Waals surface area (Å²) in [5, 5.41) is 13.3. The van der Waals surface area contributed by atoms with Gasteiger partial charge >= 0.3 is 0 Å². The maximum atomic E-state index is 8.96. The minimum Gasteiger partial charge on any atom is -0.433 e. The van der Waals surface area contributed by atoms with Crippen molar-refractivity contribution in [3.63, 3.8) is 0 Å². The zero-order valence-corrected chi connectivity index (χ0v) is 17.7. The third kappa shape index (κ3) is 3.73. The average molecular weight is 416 g/mol. The van der Waals surface area contributed by atoms with Crippen LogP contribution in [0.3, 0.4) is 0 Å². The second kappa shape index (κ2) is 7.67. The number of nitrogens with zero attached hydrogens (tertiary/aromatic N) is 6. The Morgan fingerprint density at radius 1 is 1.26 bits per heavy atom. The van der Waals surface area contributed by atoms with E-state index in [2.05, 4.69) is 52.1 Å². The molecule has 0 spiro atoms. The molecule has 5 rings (SSSR count). The lowest BCUT2D eigenvalue weighted by Gasteiger charge is -2.30. The Hall–Kier alpha value is -3.44. The molecule has 0 atom stereocenters. The minimum absolute atomic E-state index is 0.122. The largest absolute Gasteiger partial charge is 0.433 e. The third-order valence-electron chi connectivity index (χ3n) is 6.28. The predicted molar refractivity (Wildman–Crippen MR) is 116 cm³/mol. The molecule has 158 valence electrons. The highest BCUT2D eigenvalue weighted by Crippen LogP contribution is 2.38. The molecule has 0 saturated heterocycles. The molecule has 1 aliphatic heterocycles. The number of nitriles is 1. The van der Waals surface area contributed by atoms with Crippen molar-refractivity contribution >= 4 is 5.82 Å². The average Bonchev–Trinajstić information content (AvgIpc) is 3.17. The summed E-state index contributed by atoms with van der Waals surface area (Å²) in [4.78, 5) is 11.3. The van der Waals surface area contributed by atoms with Crippen LogP contribution in [-0.2, 0) is 13.0 Å². The second-order valence-electron chi connectivity index (χ2n) is 8.57. The summed E-state index contributed by atoms with van der Waals surface area (Å²) in [6.45, 7) is 4.18. The van der Waals surface area contributed by atoms with E-state index in [1.54, 1.807) is 12.4 Å². The molecule has 2 aliphatic rings. The van der Waals surface area contributed by atoms with Gasteiger partial charge < -0.3 is 15.4 Å². The van der Waals surface area contributed by atoms with E-state index in [9.17, 15) is 0 Å².